The van der Waals surface area contributed by atoms with Gasteiger partial charge in [0.25, 0.3) is 5.91 Å². The Kier molecular flexibility index (Phi) is 9.10. The highest BCUT2D eigenvalue weighted by Gasteiger charge is 2.19. The molecule has 37 heavy (non-hydrogen) atoms. The van der Waals surface area contributed by atoms with Gasteiger partial charge in [-0.3, -0.25) is 9.78 Å². The Morgan fingerprint density at radius 3 is 2.22 bits per heavy atom. The first kappa shape index (κ1) is 25.7. The molecule has 7 nitrogen and oxygen atoms in total. The number of methoxy groups -OCH3 is 1. The number of para-hydroxylation sites is 1. The predicted molar refractivity (Wildman–Crippen MR) is 143 cm³/mol. The highest BCUT2D eigenvalue weighted by Crippen LogP contribution is 2.30. The van der Waals surface area contributed by atoms with Gasteiger partial charge in [-0.15, -0.1) is 0 Å². The van der Waals surface area contributed by atoms with Crippen LogP contribution in [0.4, 0.5) is 0 Å². The summed E-state index contributed by atoms with van der Waals surface area (Å²) in [4.78, 5) is 19.3. The molecule has 0 spiro atoms. The van der Waals surface area contributed by atoms with Crippen molar-refractivity contribution in [2.24, 2.45) is 5.73 Å². The first-order chi connectivity index (χ1) is 18.2. The largest absolute Gasteiger partial charge is 0.493 e. The average Bonchev–Trinajstić information content (AvgIpc) is 2.96. The van der Waals surface area contributed by atoms with E-state index in [0.717, 1.165) is 22.4 Å². The summed E-state index contributed by atoms with van der Waals surface area (Å²) in [6.07, 6.45) is 3.47. The molecule has 4 aromatic rings. The Balaban J connectivity index is 1.48. The molecule has 2 N–H and O–H groups in total. The van der Waals surface area contributed by atoms with Crippen LogP contribution in [0.1, 0.15) is 27.0 Å². The lowest BCUT2D eigenvalue weighted by Gasteiger charge is -2.24. The molecule has 4 rings (SSSR count). The van der Waals surface area contributed by atoms with Gasteiger partial charge in [0.1, 0.15) is 19.0 Å². The topological polar surface area (TPSA) is 86.9 Å². The quantitative estimate of drug-likeness (QED) is 0.301. The summed E-state index contributed by atoms with van der Waals surface area (Å²) in [6, 6.07) is 26.6. The normalized spacial score (nSPS) is 10.5. The SMILES string of the molecule is COc1cc(C(=O)N(CCN)Cc2ccccc2OCc2ccncc2)ccc1OCc1ccccc1. The van der Waals surface area contributed by atoms with E-state index in [2.05, 4.69) is 4.98 Å². The number of nitrogens with zero attached hydrogens (tertiary/aromatic N) is 2. The minimum atomic E-state index is -0.151. The van der Waals surface area contributed by atoms with Gasteiger partial charge in [-0.2, -0.15) is 0 Å². The van der Waals surface area contributed by atoms with Gasteiger partial charge in [0.2, 0.25) is 0 Å². The smallest absolute Gasteiger partial charge is 0.254 e. The lowest BCUT2D eigenvalue weighted by molar-refractivity contribution is 0.0746. The maximum atomic E-state index is 13.5. The van der Waals surface area contributed by atoms with Crippen molar-refractivity contribution >= 4 is 5.91 Å². The van der Waals surface area contributed by atoms with Crippen molar-refractivity contribution < 1.29 is 19.0 Å². The van der Waals surface area contributed by atoms with Gasteiger partial charge < -0.3 is 24.8 Å². The van der Waals surface area contributed by atoms with Gasteiger partial charge in [0, 0.05) is 43.2 Å². The number of nitrogens with two attached hydrogens (primary N) is 1. The van der Waals surface area contributed by atoms with Gasteiger partial charge in [-0.25, -0.2) is 0 Å². The molecule has 0 radical (unpaired) electrons. The van der Waals surface area contributed by atoms with Crippen molar-refractivity contribution in [3.05, 3.63) is 120 Å². The van der Waals surface area contributed by atoms with E-state index in [9.17, 15) is 4.79 Å². The molecule has 3 aromatic carbocycles. The second-order valence-corrected chi connectivity index (χ2v) is 8.41. The van der Waals surface area contributed by atoms with E-state index in [4.69, 9.17) is 19.9 Å². The number of carbonyl (C=O) groups excluding carboxylic acids is 1. The second kappa shape index (κ2) is 13.1. The number of benzene rings is 3. The zero-order valence-electron chi connectivity index (χ0n) is 20.9. The average molecular weight is 498 g/mol. The van der Waals surface area contributed by atoms with Crippen LogP contribution in [0.5, 0.6) is 17.2 Å². The van der Waals surface area contributed by atoms with E-state index in [1.54, 1.807) is 42.6 Å². The number of aromatic nitrogens is 1. The minimum absolute atomic E-state index is 0.151. The Morgan fingerprint density at radius 2 is 1.49 bits per heavy atom. The van der Waals surface area contributed by atoms with E-state index < -0.39 is 0 Å². The monoisotopic (exact) mass is 497 g/mol. The zero-order chi connectivity index (χ0) is 25.9. The summed E-state index contributed by atoms with van der Waals surface area (Å²) in [6.45, 7) is 1.90. The summed E-state index contributed by atoms with van der Waals surface area (Å²) in [5.74, 6) is 1.64. The first-order valence-corrected chi connectivity index (χ1v) is 12.1. The third kappa shape index (κ3) is 7.08. The van der Waals surface area contributed by atoms with Crippen LogP contribution in [0.25, 0.3) is 0 Å². The van der Waals surface area contributed by atoms with Crippen LogP contribution in [0.3, 0.4) is 0 Å². The molecule has 1 heterocycles. The Morgan fingerprint density at radius 1 is 0.811 bits per heavy atom. The molecule has 0 bridgehead atoms. The van der Waals surface area contributed by atoms with E-state index in [-0.39, 0.29) is 5.91 Å². The molecule has 0 atom stereocenters. The molecule has 0 aliphatic carbocycles. The van der Waals surface area contributed by atoms with Crippen LogP contribution in [0.2, 0.25) is 0 Å². The van der Waals surface area contributed by atoms with Crippen molar-refractivity contribution in [2.75, 3.05) is 20.2 Å². The third-order valence-corrected chi connectivity index (χ3v) is 5.81. The summed E-state index contributed by atoms with van der Waals surface area (Å²) in [7, 11) is 1.56. The molecular weight excluding hydrogens is 466 g/mol. The molecule has 190 valence electrons. The molecule has 0 saturated heterocycles. The number of hydrogen-bond donors (Lipinski definition) is 1. The van der Waals surface area contributed by atoms with Gasteiger partial charge in [0.05, 0.1) is 7.11 Å². The summed E-state index contributed by atoms with van der Waals surface area (Å²) >= 11 is 0. The maximum absolute atomic E-state index is 13.5. The fraction of sp³-hybridized carbons (Fsp3) is 0.200. The molecule has 1 amide bonds. The van der Waals surface area contributed by atoms with Gasteiger partial charge in [-0.1, -0.05) is 48.5 Å². The van der Waals surface area contributed by atoms with E-state index >= 15 is 0 Å². The standard InChI is InChI=1S/C30H31N3O4/c1-35-29-19-25(11-12-28(29)37-21-23-7-3-2-4-8-23)30(34)33(18-15-31)20-26-9-5-6-10-27(26)36-22-24-13-16-32-17-14-24/h2-14,16-17,19H,15,18,20-22,31H2,1H3. The molecule has 1 aromatic heterocycles. The van der Waals surface area contributed by atoms with Gasteiger partial charge in [-0.05, 0) is 47.5 Å². The zero-order valence-corrected chi connectivity index (χ0v) is 20.9. The molecular formula is C30H31N3O4. The lowest BCUT2D eigenvalue weighted by Crippen LogP contribution is -2.35. The van der Waals surface area contributed by atoms with Crippen LogP contribution in [0, 0.1) is 0 Å². The van der Waals surface area contributed by atoms with Crippen molar-refractivity contribution in [2.45, 2.75) is 19.8 Å². The van der Waals surface area contributed by atoms with Gasteiger partial charge in [0.15, 0.2) is 11.5 Å². The Bertz CT molecular complexity index is 1280. The number of pyridine rings is 1. The van der Waals surface area contributed by atoms with Crippen LogP contribution in [0.15, 0.2) is 97.3 Å². The molecule has 7 heteroatoms. The first-order valence-electron chi connectivity index (χ1n) is 12.1. The Labute approximate surface area is 217 Å². The van der Waals surface area contributed by atoms with E-state index in [1.165, 1.54) is 0 Å². The number of carbonyl (C=O) groups is 1. The van der Waals surface area contributed by atoms with E-state index in [0.29, 0.717) is 49.9 Å². The maximum Gasteiger partial charge on any atom is 0.254 e. The van der Waals surface area contributed by atoms with Crippen LogP contribution < -0.4 is 19.9 Å². The minimum Gasteiger partial charge on any atom is -0.493 e. The molecule has 0 saturated carbocycles. The van der Waals surface area contributed by atoms with Crippen LogP contribution in [-0.2, 0) is 19.8 Å². The van der Waals surface area contributed by atoms with Crippen molar-refractivity contribution in [3.8, 4) is 17.2 Å². The predicted octanol–water partition coefficient (Wildman–Crippen LogP) is 4.85. The van der Waals surface area contributed by atoms with Crippen molar-refractivity contribution in [1.29, 1.82) is 0 Å². The van der Waals surface area contributed by atoms with Crippen molar-refractivity contribution in [3.63, 3.8) is 0 Å². The molecule has 0 unspecified atom stereocenters. The number of amides is 1. The Hall–Kier alpha value is -4.36. The highest BCUT2D eigenvalue weighted by atomic mass is 16.5. The molecule has 0 aliphatic rings. The van der Waals surface area contributed by atoms with E-state index in [1.807, 2.05) is 66.7 Å². The summed E-state index contributed by atoms with van der Waals surface area (Å²) in [5, 5.41) is 0. The van der Waals surface area contributed by atoms with Crippen molar-refractivity contribution in [1.82, 2.24) is 9.88 Å². The fourth-order valence-corrected chi connectivity index (χ4v) is 3.87. The van der Waals surface area contributed by atoms with Gasteiger partial charge >= 0.3 is 0 Å². The second-order valence-electron chi connectivity index (χ2n) is 8.41. The molecule has 0 fully saturated rings. The number of ether oxygens (including phenoxy) is 3. The number of hydrogen-bond acceptors (Lipinski definition) is 6. The van der Waals surface area contributed by atoms with Crippen LogP contribution in [-0.4, -0.2) is 36.0 Å². The molecule has 0 aliphatic heterocycles. The highest BCUT2D eigenvalue weighted by molar-refractivity contribution is 5.95. The van der Waals surface area contributed by atoms with Crippen LogP contribution >= 0.6 is 0 Å². The number of rotatable bonds is 12. The lowest BCUT2D eigenvalue weighted by atomic mass is 10.1. The fourth-order valence-electron chi connectivity index (χ4n) is 3.87. The summed E-state index contributed by atoms with van der Waals surface area (Å²) in [5.41, 5.74) is 9.32. The third-order valence-electron chi connectivity index (χ3n) is 5.81. The summed E-state index contributed by atoms with van der Waals surface area (Å²) < 4.78 is 17.5.